The van der Waals surface area contributed by atoms with Gasteiger partial charge < -0.3 is 9.84 Å². The van der Waals surface area contributed by atoms with Crippen molar-refractivity contribution in [3.63, 3.8) is 0 Å². The molecule has 0 spiro atoms. The smallest absolute Gasteiger partial charge is 0.124 e. The quantitative estimate of drug-likeness (QED) is 0.0352. The number of hydrogen-bond acceptors (Lipinski definition) is 4. The molecule has 4 heteroatoms. The summed E-state index contributed by atoms with van der Waals surface area (Å²) in [6.45, 7) is 5.34. The summed E-state index contributed by atoms with van der Waals surface area (Å²) in [5, 5.41) is 10.5. The standard InChI is InChI=1S/C41H72O2S2/c1-3-5-7-9-11-13-15-17-19-21-23-25-27-29-35-43-39-33-31-38(32-34-39)40(42)37-41(44)45-36-30-28-26-24-22-20-18-16-14-12-10-8-6-4-2/h31-34,37,42H,3-30,35-36H2,1-2H3/b40-37-. The topological polar surface area (TPSA) is 29.5 Å². The van der Waals surface area contributed by atoms with Crippen molar-refractivity contribution in [2.75, 3.05) is 12.4 Å². The highest BCUT2D eigenvalue weighted by atomic mass is 32.2. The van der Waals surface area contributed by atoms with Crippen molar-refractivity contribution in [3.8, 4) is 5.75 Å². The third-order valence-electron chi connectivity index (χ3n) is 8.91. The van der Waals surface area contributed by atoms with E-state index in [1.54, 1.807) is 17.8 Å². The number of thioether (sulfide) groups is 1. The molecule has 45 heavy (non-hydrogen) atoms. The molecule has 0 unspecified atom stereocenters. The first-order chi connectivity index (χ1) is 22.2. The number of rotatable bonds is 33. The second kappa shape index (κ2) is 32.9. The highest BCUT2D eigenvalue weighted by Crippen LogP contribution is 2.21. The lowest BCUT2D eigenvalue weighted by atomic mass is 10.0. The third kappa shape index (κ3) is 27.8. The van der Waals surface area contributed by atoms with Gasteiger partial charge in [-0.05, 0) is 42.9 Å². The third-order valence-corrected chi connectivity index (χ3v) is 10.3. The van der Waals surface area contributed by atoms with Crippen molar-refractivity contribution in [1.82, 2.24) is 0 Å². The normalized spacial score (nSPS) is 11.7. The van der Waals surface area contributed by atoms with Gasteiger partial charge in [0.15, 0.2) is 0 Å². The van der Waals surface area contributed by atoms with Crippen LogP contribution >= 0.6 is 24.0 Å². The highest BCUT2D eigenvalue weighted by molar-refractivity contribution is 8.23. The summed E-state index contributed by atoms with van der Waals surface area (Å²) in [7, 11) is 0. The van der Waals surface area contributed by atoms with Gasteiger partial charge >= 0.3 is 0 Å². The molecule has 1 aromatic carbocycles. The molecule has 0 bridgehead atoms. The Kier molecular flexibility index (Phi) is 30.7. The molecule has 0 amide bonds. The lowest BCUT2D eigenvalue weighted by Gasteiger charge is -2.08. The molecule has 0 atom stereocenters. The van der Waals surface area contributed by atoms with Crippen LogP contribution < -0.4 is 4.74 Å². The average molecular weight is 661 g/mol. The number of ether oxygens (including phenoxy) is 1. The van der Waals surface area contributed by atoms with Crippen LogP contribution in [0.4, 0.5) is 0 Å². The molecule has 260 valence electrons. The average Bonchev–Trinajstić information content (AvgIpc) is 3.05. The van der Waals surface area contributed by atoms with Gasteiger partial charge in [0.25, 0.3) is 0 Å². The Morgan fingerprint density at radius 3 is 1.31 bits per heavy atom. The molecular formula is C41H72O2S2. The molecule has 1 rings (SSSR count). The monoisotopic (exact) mass is 660 g/mol. The zero-order chi connectivity index (χ0) is 32.5. The molecule has 1 N–H and O–H groups in total. The summed E-state index contributed by atoms with van der Waals surface area (Å²) in [6.07, 6.45) is 40.2. The Bertz CT molecular complexity index is 804. The summed E-state index contributed by atoms with van der Waals surface area (Å²) >= 11 is 7.19. The van der Waals surface area contributed by atoms with Gasteiger partial charge in [-0.3, -0.25) is 0 Å². The van der Waals surface area contributed by atoms with E-state index in [1.807, 2.05) is 24.3 Å². The fourth-order valence-corrected chi connectivity index (χ4v) is 7.02. The van der Waals surface area contributed by atoms with E-state index in [1.165, 1.54) is 173 Å². The van der Waals surface area contributed by atoms with E-state index in [0.29, 0.717) is 0 Å². The Balaban J connectivity index is 1.97. The minimum absolute atomic E-state index is 0.243. The van der Waals surface area contributed by atoms with Crippen LogP contribution in [0.3, 0.4) is 0 Å². The summed E-state index contributed by atoms with van der Waals surface area (Å²) in [5.41, 5.74) is 0.790. The van der Waals surface area contributed by atoms with Gasteiger partial charge in [-0.15, -0.1) is 11.8 Å². The summed E-state index contributed by atoms with van der Waals surface area (Å²) in [5.74, 6) is 2.15. The number of unbranched alkanes of at least 4 members (excludes halogenated alkanes) is 26. The van der Waals surface area contributed by atoms with Crippen molar-refractivity contribution in [2.24, 2.45) is 0 Å². The predicted octanol–water partition coefficient (Wildman–Crippen LogP) is 15.0. The number of aliphatic hydroxyl groups excluding tert-OH is 1. The minimum Gasteiger partial charge on any atom is -0.507 e. The van der Waals surface area contributed by atoms with Crippen LogP contribution in [-0.4, -0.2) is 21.7 Å². The van der Waals surface area contributed by atoms with Crippen molar-refractivity contribution in [3.05, 3.63) is 35.9 Å². The largest absolute Gasteiger partial charge is 0.507 e. The van der Waals surface area contributed by atoms with Gasteiger partial charge in [-0.2, -0.15) is 0 Å². The summed E-state index contributed by atoms with van der Waals surface area (Å²) in [4.78, 5) is 0. The van der Waals surface area contributed by atoms with Gasteiger partial charge in [0.1, 0.15) is 11.5 Å². The van der Waals surface area contributed by atoms with E-state index < -0.39 is 0 Å². The molecule has 0 aliphatic carbocycles. The Morgan fingerprint density at radius 1 is 0.556 bits per heavy atom. The molecular weight excluding hydrogens is 589 g/mol. The van der Waals surface area contributed by atoms with E-state index in [-0.39, 0.29) is 5.76 Å². The van der Waals surface area contributed by atoms with Crippen LogP contribution in [0.1, 0.15) is 199 Å². The minimum atomic E-state index is 0.243. The fourth-order valence-electron chi connectivity index (χ4n) is 5.91. The zero-order valence-electron chi connectivity index (χ0n) is 29.8. The Labute approximate surface area is 290 Å². The molecule has 2 nitrogen and oxygen atoms in total. The van der Waals surface area contributed by atoms with E-state index >= 15 is 0 Å². The van der Waals surface area contributed by atoms with Gasteiger partial charge in [-0.1, -0.05) is 193 Å². The lowest BCUT2D eigenvalue weighted by molar-refractivity contribution is 0.304. The predicted molar refractivity (Wildman–Crippen MR) is 208 cm³/mol. The van der Waals surface area contributed by atoms with Crippen molar-refractivity contribution in [1.29, 1.82) is 0 Å². The van der Waals surface area contributed by atoms with E-state index in [9.17, 15) is 5.11 Å². The lowest BCUT2D eigenvalue weighted by Crippen LogP contribution is -1.97. The SMILES string of the molecule is CCCCCCCCCCCCCCCCOc1ccc(/C(O)=C/C(=S)SCCCCCCCCCCCCCCCC)cc1. The molecule has 0 heterocycles. The maximum absolute atomic E-state index is 10.5. The summed E-state index contributed by atoms with van der Waals surface area (Å²) in [6, 6.07) is 7.75. The summed E-state index contributed by atoms with van der Waals surface area (Å²) < 4.78 is 6.70. The number of aliphatic hydroxyl groups is 1. The number of hydrogen-bond donors (Lipinski definition) is 1. The second-order valence-electron chi connectivity index (χ2n) is 13.3. The molecule has 0 aliphatic rings. The van der Waals surface area contributed by atoms with Crippen LogP contribution in [0.5, 0.6) is 5.75 Å². The molecule has 0 radical (unpaired) electrons. The van der Waals surface area contributed by atoms with Gasteiger partial charge in [0, 0.05) is 11.6 Å². The zero-order valence-corrected chi connectivity index (χ0v) is 31.4. The van der Waals surface area contributed by atoms with Gasteiger partial charge in [-0.25, -0.2) is 0 Å². The molecule has 0 saturated carbocycles. The van der Waals surface area contributed by atoms with Crippen LogP contribution in [0.15, 0.2) is 30.3 Å². The van der Waals surface area contributed by atoms with Crippen LogP contribution in [0.25, 0.3) is 5.76 Å². The number of thiocarbonyl (C=S) groups is 1. The van der Waals surface area contributed by atoms with Crippen molar-refractivity contribution >= 4 is 33.9 Å². The molecule has 1 aromatic rings. The van der Waals surface area contributed by atoms with Gasteiger partial charge in [0.2, 0.25) is 0 Å². The first-order valence-electron chi connectivity index (χ1n) is 19.5. The molecule has 0 saturated heterocycles. The molecule has 0 aliphatic heterocycles. The van der Waals surface area contributed by atoms with Crippen LogP contribution in [0.2, 0.25) is 0 Å². The Hall–Kier alpha value is -1.00. The Morgan fingerprint density at radius 2 is 0.911 bits per heavy atom. The van der Waals surface area contributed by atoms with Crippen molar-refractivity contribution < 1.29 is 9.84 Å². The number of benzene rings is 1. The maximum atomic E-state index is 10.5. The molecule has 0 aromatic heterocycles. The van der Waals surface area contributed by atoms with E-state index in [2.05, 4.69) is 13.8 Å². The highest BCUT2D eigenvalue weighted by Gasteiger charge is 2.04. The molecule has 0 fully saturated rings. The van der Waals surface area contributed by atoms with Crippen molar-refractivity contribution in [2.45, 2.75) is 194 Å². The fraction of sp³-hybridized carbons (Fsp3) is 0.780. The maximum Gasteiger partial charge on any atom is 0.124 e. The second-order valence-corrected chi connectivity index (χ2v) is 15.1. The first-order valence-corrected chi connectivity index (χ1v) is 20.9. The van der Waals surface area contributed by atoms with Gasteiger partial charge in [0.05, 0.1) is 10.8 Å². The van der Waals surface area contributed by atoms with E-state index in [4.69, 9.17) is 17.0 Å². The van der Waals surface area contributed by atoms with Crippen LogP contribution in [-0.2, 0) is 0 Å². The van der Waals surface area contributed by atoms with Crippen LogP contribution in [0, 0.1) is 0 Å². The first kappa shape index (κ1) is 42.0. The van der Waals surface area contributed by atoms with E-state index in [0.717, 1.165) is 34.3 Å².